The van der Waals surface area contributed by atoms with Crippen LogP contribution in [0.4, 0.5) is 0 Å². The van der Waals surface area contributed by atoms with Crippen LogP contribution in [0.5, 0.6) is 0 Å². The molecule has 0 spiro atoms. The van der Waals surface area contributed by atoms with Crippen molar-refractivity contribution in [1.29, 1.82) is 0 Å². The van der Waals surface area contributed by atoms with Gasteiger partial charge in [0.1, 0.15) is 12.1 Å². The summed E-state index contributed by atoms with van der Waals surface area (Å²) in [6.45, 7) is -1.46. The number of amides is 1. The van der Waals surface area contributed by atoms with E-state index in [0.717, 1.165) is 0 Å². The molecule has 1 rings (SSSR count). The molecule has 9 heteroatoms. The number of nitrogens with one attached hydrogen (secondary N) is 2. The third-order valence-electron chi connectivity index (χ3n) is 3.05. The van der Waals surface area contributed by atoms with Gasteiger partial charge in [0.05, 0.1) is 24.6 Å². The van der Waals surface area contributed by atoms with Crippen molar-refractivity contribution in [3.8, 4) is 0 Å². The van der Waals surface area contributed by atoms with E-state index in [-0.39, 0.29) is 17.2 Å². The molecule has 0 radical (unpaired) electrons. The SMILES string of the molecule is O=C(CC(=S)N[C@@H](CO)C(=O)N[C@@H](CO)C(=O)O)c1ccccc1. The van der Waals surface area contributed by atoms with Crippen LogP contribution in [0.25, 0.3) is 0 Å². The van der Waals surface area contributed by atoms with Crippen LogP contribution in [0.2, 0.25) is 0 Å². The number of ketones is 1. The molecule has 0 bridgehead atoms. The van der Waals surface area contributed by atoms with Crippen LogP contribution >= 0.6 is 12.2 Å². The maximum atomic E-state index is 12.0. The maximum Gasteiger partial charge on any atom is 0.328 e. The second-order valence-electron chi connectivity index (χ2n) is 4.85. The fourth-order valence-corrected chi connectivity index (χ4v) is 2.04. The van der Waals surface area contributed by atoms with Gasteiger partial charge in [-0.1, -0.05) is 42.5 Å². The van der Waals surface area contributed by atoms with Crippen LogP contribution in [-0.2, 0) is 9.59 Å². The smallest absolute Gasteiger partial charge is 0.328 e. The summed E-state index contributed by atoms with van der Waals surface area (Å²) in [6, 6.07) is 5.70. The zero-order valence-electron chi connectivity index (χ0n) is 12.6. The zero-order valence-corrected chi connectivity index (χ0v) is 13.5. The number of aliphatic hydroxyl groups excluding tert-OH is 2. The lowest BCUT2D eigenvalue weighted by Gasteiger charge is -2.19. The van der Waals surface area contributed by atoms with E-state index in [1.165, 1.54) is 0 Å². The Balaban J connectivity index is 2.60. The van der Waals surface area contributed by atoms with Gasteiger partial charge in [-0.05, 0) is 0 Å². The first-order chi connectivity index (χ1) is 11.4. The first-order valence-electron chi connectivity index (χ1n) is 7.01. The van der Waals surface area contributed by atoms with E-state index < -0.39 is 37.2 Å². The average Bonchev–Trinajstić information content (AvgIpc) is 2.57. The molecule has 0 fully saturated rings. The Morgan fingerprint density at radius 2 is 1.58 bits per heavy atom. The van der Waals surface area contributed by atoms with E-state index in [4.69, 9.17) is 22.4 Å². The topological polar surface area (TPSA) is 136 Å². The minimum absolute atomic E-state index is 0.0360. The fourth-order valence-electron chi connectivity index (χ4n) is 1.77. The molecular formula is C15H18N2O6S. The van der Waals surface area contributed by atoms with Crippen molar-refractivity contribution in [2.75, 3.05) is 13.2 Å². The monoisotopic (exact) mass is 354 g/mol. The maximum absolute atomic E-state index is 12.0. The molecule has 0 aromatic heterocycles. The Bertz CT molecular complexity index is 607. The lowest BCUT2D eigenvalue weighted by molar-refractivity contribution is -0.143. The summed E-state index contributed by atoms with van der Waals surface area (Å²) in [4.78, 5) is 34.7. The van der Waals surface area contributed by atoms with Crippen LogP contribution in [0.1, 0.15) is 16.8 Å². The molecule has 0 aliphatic carbocycles. The third-order valence-corrected chi connectivity index (χ3v) is 3.31. The van der Waals surface area contributed by atoms with Crippen LogP contribution in [0.3, 0.4) is 0 Å². The van der Waals surface area contributed by atoms with Gasteiger partial charge in [-0.2, -0.15) is 0 Å². The third kappa shape index (κ3) is 6.03. The van der Waals surface area contributed by atoms with E-state index in [1.807, 2.05) is 0 Å². The van der Waals surface area contributed by atoms with Crippen LogP contribution in [0, 0.1) is 0 Å². The average molecular weight is 354 g/mol. The van der Waals surface area contributed by atoms with Gasteiger partial charge in [-0.15, -0.1) is 0 Å². The predicted octanol–water partition coefficient (Wildman–Crippen LogP) is -0.901. The van der Waals surface area contributed by atoms with Crippen molar-refractivity contribution in [3.63, 3.8) is 0 Å². The molecule has 8 nitrogen and oxygen atoms in total. The Morgan fingerprint density at radius 1 is 1.00 bits per heavy atom. The fraction of sp³-hybridized carbons (Fsp3) is 0.333. The van der Waals surface area contributed by atoms with Crippen molar-refractivity contribution in [1.82, 2.24) is 10.6 Å². The molecule has 0 aliphatic rings. The Hall–Kier alpha value is -2.36. The minimum Gasteiger partial charge on any atom is -0.480 e. The largest absolute Gasteiger partial charge is 0.480 e. The summed E-state index contributed by atoms with van der Waals surface area (Å²) in [5.74, 6) is -2.53. The highest BCUT2D eigenvalue weighted by Gasteiger charge is 2.25. The van der Waals surface area contributed by atoms with Gasteiger partial charge in [0.25, 0.3) is 0 Å². The lowest BCUT2D eigenvalue weighted by Crippen LogP contribution is -2.54. The summed E-state index contributed by atoms with van der Waals surface area (Å²) >= 11 is 5.00. The van der Waals surface area contributed by atoms with Gasteiger partial charge in [-0.3, -0.25) is 9.59 Å². The molecule has 0 unspecified atom stereocenters. The summed E-state index contributed by atoms with van der Waals surface area (Å²) < 4.78 is 0. The lowest BCUT2D eigenvalue weighted by atomic mass is 10.1. The second-order valence-corrected chi connectivity index (χ2v) is 5.34. The van der Waals surface area contributed by atoms with E-state index in [2.05, 4.69) is 10.6 Å². The molecule has 1 amide bonds. The normalized spacial score (nSPS) is 12.8. The summed E-state index contributed by atoms with van der Waals surface area (Å²) in [5, 5.41) is 31.5. The van der Waals surface area contributed by atoms with Gasteiger partial charge < -0.3 is 26.0 Å². The molecule has 0 heterocycles. The zero-order chi connectivity index (χ0) is 18.1. The van der Waals surface area contributed by atoms with Crippen molar-refractivity contribution in [2.45, 2.75) is 18.5 Å². The van der Waals surface area contributed by atoms with E-state index in [9.17, 15) is 19.5 Å². The number of benzene rings is 1. The molecule has 1 aromatic rings. The number of hydrogen-bond acceptors (Lipinski definition) is 6. The highest BCUT2D eigenvalue weighted by atomic mass is 32.1. The highest BCUT2D eigenvalue weighted by molar-refractivity contribution is 7.80. The molecular weight excluding hydrogens is 336 g/mol. The van der Waals surface area contributed by atoms with Gasteiger partial charge in [-0.25, -0.2) is 4.79 Å². The summed E-state index contributed by atoms with van der Waals surface area (Å²) in [5.41, 5.74) is 0.456. The molecule has 2 atom stereocenters. The van der Waals surface area contributed by atoms with E-state index in [1.54, 1.807) is 30.3 Å². The number of aliphatic hydroxyl groups is 2. The number of carboxylic acid groups (broad SMARTS) is 1. The van der Waals surface area contributed by atoms with Crippen molar-refractivity contribution < 1.29 is 29.7 Å². The Morgan fingerprint density at radius 3 is 2.08 bits per heavy atom. The molecule has 24 heavy (non-hydrogen) atoms. The van der Waals surface area contributed by atoms with Gasteiger partial charge in [0.2, 0.25) is 5.91 Å². The first kappa shape index (κ1) is 19.7. The molecule has 0 saturated carbocycles. The number of Topliss-reactive ketones (excluding diaryl/α,β-unsaturated/α-hetero) is 1. The number of thiocarbonyl (C=S) groups is 1. The standard InChI is InChI=1S/C15H18N2O6S/c18-7-10(14(21)17-11(8-19)15(22)23)16-13(24)6-12(20)9-4-2-1-3-5-9/h1-5,10-11,18-19H,6-8H2,(H,16,24)(H,17,21)(H,22,23)/t10-,11-/m0/s1. The van der Waals surface area contributed by atoms with Crippen molar-refractivity contribution in [2.24, 2.45) is 0 Å². The second kappa shape index (κ2) is 9.71. The molecule has 5 N–H and O–H groups in total. The van der Waals surface area contributed by atoms with E-state index in [0.29, 0.717) is 5.56 Å². The van der Waals surface area contributed by atoms with Gasteiger partial charge in [0, 0.05) is 5.56 Å². The number of hydrogen-bond donors (Lipinski definition) is 5. The Kier molecular flexibility index (Phi) is 7.96. The van der Waals surface area contributed by atoms with Gasteiger partial charge in [0.15, 0.2) is 5.78 Å². The first-order valence-corrected chi connectivity index (χ1v) is 7.42. The van der Waals surface area contributed by atoms with Crippen LogP contribution in [-0.4, -0.2) is 63.3 Å². The number of rotatable bonds is 9. The number of carbonyl (C=O) groups excluding carboxylic acids is 2. The van der Waals surface area contributed by atoms with Crippen LogP contribution < -0.4 is 10.6 Å². The van der Waals surface area contributed by atoms with Crippen molar-refractivity contribution >= 4 is 34.9 Å². The number of carboxylic acids is 1. The van der Waals surface area contributed by atoms with Gasteiger partial charge >= 0.3 is 5.97 Å². The summed E-state index contributed by atoms with van der Waals surface area (Å²) in [6.07, 6.45) is -0.161. The van der Waals surface area contributed by atoms with Crippen LogP contribution in [0.15, 0.2) is 30.3 Å². The molecule has 1 aromatic carbocycles. The Labute approximate surface area is 143 Å². The van der Waals surface area contributed by atoms with E-state index >= 15 is 0 Å². The number of carbonyl (C=O) groups is 3. The van der Waals surface area contributed by atoms with Crippen molar-refractivity contribution in [3.05, 3.63) is 35.9 Å². The summed E-state index contributed by atoms with van der Waals surface area (Å²) in [7, 11) is 0. The molecule has 0 aliphatic heterocycles. The number of aliphatic carboxylic acids is 1. The highest BCUT2D eigenvalue weighted by Crippen LogP contribution is 2.04. The minimum atomic E-state index is -1.49. The molecule has 130 valence electrons. The molecule has 0 saturated heterocycles. The predicted molar refractivity (Wildman–Crippen MR) is 88.6 cm³/mol. The quantitative estimate of drug-likeness (QED) is 0.284.